The molecule has 0 amide bonds. The zero-order chi connectivity index (χ0) is 12.9. The van der Waals surface area contributed by atoms with Gasteiger partial charge in [-0.15, -0.1) is 0 Å². The summed E-state index contributed by atoms with van der Waals surface area (Å²) >= 11 is 3.43. The monoisotopic (exact) mass is 308 g/mol. The maximum absolute atomic E-state index is 12.7. The minimum absolute atomic E-state index is 0.223. The lowest BCUT2D eigenvalue weighted by Crippen LogP contribution is -2.39. The van der Waals surface area contributed by atoms with Gasteiger partial charge in [0.2, 0.25) is 0 Å². The second-order valence-electron chi connectivity index (χ2n) is 5.88. The fourth-order valence-electron chi connectivity index (χ4n) is 3.57. The highest BCUT2D eigenvalue weighted by atomic mass is 79.9. The lowest BCUT2D eigenvalue weighted by molar-refractivity contribution is 0.0206. The van der Waals surface area contributed by atoms with Gasteiger partial charge in [0.1, 0.15) is 0 Å². The van der Waals surface area contributed by atoms with E-state index in [0.29, 0.717) is 0 Å². The van der Waals surface area contributed by atoms with Crippen LogP contribution in [0.1, 0.15) is 42.1 Å². The molecule has 1 spiro atoms. The normalized spacial score (nSPS) is 34.9. The third kappa shape index (κ3) is 1.76. The zero-order valence-electron chi connectivity index (χ0n) is 10.4. The molecule has 1 aromatic rings. The summed E-state index contributed by atoms with van der Waals surface area (Å²) in [5.74, 6) is 0.512. The number of ketones is 1. The molecule has 1 fully saturated rings. The summed E-state index contributed by atoms with van der Waals surface area (Å²) in [6.45, 7) is 2.05. The van der Waals surface area contributed by atoms with Crippen LogP contribution in [0.5, 0.6) is 0 Å². The standard InChI is InChI=1S/C15H17BrO2/c1-9-7-15(5-4-13(9)17)8-10-2-3-11(16)6-12(10)14(15)18/h2-3,6,9,13,17H,4-5,7-8H2,1H3/t9-,13-,15-/m1/s1. The molecule has 0 aromatic heterocycles. The van der Waals surface area contributed by atoms with Crippen LogP contribution in [0, 0.1) is 11.3 Å². The van der Waals surface area contributed by atoms with E-state index in [9.17, 15) is 9.90 Å². The number of rotatable bonds is 0. The van der Waals surface area contributed by atoms with Crippen molar-refractivity contribution in [2.45, 2.75) is 38.7 Å². The molecule has 3 rings (SSSR count). The number of hydrogen-bond donors (Lipinski definition) is 1. The minimum atomic E-state index is -0.237. The Balaban J connectivity index is 1.97. The molecule has 0 aliphatic heterocycles. The smallest absolute Gasteiger partial charge is 0.169 e. The predicted molar refractivity (Wildman–Crippen MR) is 73.6 cm³/mol. The van der Waals surface area contributed by atoms with Gasteiger partial charge in [0, 0.05) is 15.5 Å². The SMILES string of the molecule is C[C@@H]1C[C@]2(CC[C@H]1O)Cc1ccc(Br)cc1C2=O. The van der Waals surface area contributed by atoms with Crippen molar-refractivity contribution in [1.29, 1.82) is 0 Å². The van der Waals surface area contributed by atoms with Gasteiger partial charge < -0.3 is 5.11 Å². The topological polar surface area (TPSA) is 37.3 Å². The molecule has 96 valence electrons. The summed E-state index contributed by atoms with van der Waals surface area (Å²) in [4.78, 5) is 12.7. The number of benzene rings is 1. The Morgan fingerprint density at radius 3 is 2.94 bits per heavy atom. The maximum Gasteiger partial charge on any atom is 0.169 e. The molecule has 0 saturated heterocycles. The van der Waals surface area contributed by atoms with Crippen LogP contribution < -0.4 is 0 Å². The summed E-state index contributed by atoms with van der Waals surface area (Å²) in [7, 11) is 0. The molecule has 1 N–H and O–H groups in total. The van der Waals surface area contributed by atoms with Crippen LogP contribution >= 0.6 is 15.9 Å². The number of carbonyl (C=O) groups excluding carboxylic acids is 1. The molecule has 2 nitrogen and oxygen atoms in total. The average Bonchev–Trinajstić information content (AvgIpc) is 2.59. The van der Waals surface area contributed by atoms with Crippen LogP contribution in [0.3, 0.4) is 0 Å². The van der Waals surface area contributed by atoms with Crippen molar-refractivity contribution in [3.05, 3.63) is 33.8 Å². The lowest BCUT2D eigenvalue weighted by atomic mass is 9.67. The zero-order valence-corrected chi connectivity index (χ0v) is 12.0. The Morgan fingerprint density at radius 1 is 1.44 bits per heavy atom. The number of hydrogen-bond acceptors (Lipinski definition) is 2. The van der Waals surface area contributed by atoms with E-state index in [1.807, 2.05) is 12.1 Å². The molecular formula is C15H17BrO2. The van der Waals surface area contributed by atoms with Gasteiger partial charge in [0.15, 0.2) is 5.78 Å². The van der Waals surface area contributed by atoms with Crippen LogP contribution in [0.25, 0.3) is 0 Å². The fourth-order valence-corrected chi connectivity index (χ4v) is 3.94. The summed E-state index contributed by atoms with van der Waals surface area (Å²) in [5, 5.41) is 9.85. The summed E-state index contributed by atoms with van der Waals surface area (Å²) in [6.07, 6.45) is 3.01. The molecule has 18 heavy (non-hydrogen) atoms. The highest BCUT2D eigenvalue weighted by Gasteiger charge is 2.48. The number of fused-ring (bicyclic) bond motifs is 1. The van der Waals surface area contributed by atoms with Crippen LogP contribution in [0.15, 0.2) is 22.7 Å². The van der Waals surface area contributed by atoms with Crippen molar-refractivity contribution in [2.24, 2.45) is 11.3 Å². The van der Waals surface area contributed by atoms with E-state index in [-0.39, 0.29) is 23.2 Å². The van der Waals surface area contributed by atoms with Crippen LogP contribution in [-0.4, -0.2) is 17.0 Å². The van der Waals surface area contributed by atoms with E-state index in [1.54, 1.807) is 0 Å². The summed E-state index contributed by atoms with van der Waals surface area (Å²) in [6, 6.07) is 6.01. The molecule has 3 atom stereocenters. The van der Waals surface area contributed by atoms with Crippen molar-refractivity contribution in [2.75, 3.05) is 0 Å². The second kappa shape index (κ2) is 4.17. The van der Waals surface area contributed by atoms with E-state index in [1.165, 1.54) is 5.56 Å². The van der Waals surface area contributed by atoms with Gasteiger partial charge in [-0.25, -0.2) is 0 Å². The van der Waals surface area contributed by atoms with Crippen molar-refractivity contribution < 1.29 is 9.90 Å². The Bertz CT molecular complexity index is 511. The van der Waals surface area contributed by atoms with Crippen molar-refractivity contribution in [3.63, 3.8) is 0 Å². The molecule has 1 saturated carbocycles. The molecule has 0 heterocycles. The third-order valence-electron chi connectivity index (χ3n) is 4.62. The van der Waals surface area contributed by atoms with E-state index in [0.717, 1.165) is 35.7 Å². The number of carbonyl (C=O) groups is 1. The minimum Gasteiger partial charge on any atom is -0.393 e. The third-order valence-corrected chi connectivity index (χ3v) is 5.11. The van der Waals surface area contributed by atoms with Crippen LogP contribution in [0.4, 0.5) is 0 Å². The van der Waals surface area contributed by atoms with Gasteiger partial charge in [0.05, 0.1) is 6.10 Å². The highest BCUT2D eigenvalue weighted by Crippen LogP contribution is 2.49. The van der Waals surface area contributed by atoms with Gasteiger partial charge in [-0.1, -0.05) is 28.9 Å². The number of halogens is 1. The van der Waals surface area contributed by atoms with Crippen molar-refractivity contribution in [1.82, 2.24) is 0 Å². The van der Waals surface area contributed by atoms with Crippen molar-refractivity contribution >= 4 is 21.7 Å². The first-order valence-electron chi connectivity index (χ1n) is 6.53. The summed E-state index contributed by atoms with van der Waals surface area (Å²) in [5.41, 5.74) is 1.82. The molecule has 2 aliphatic rings. The van der Waals surface area contributed by atoms with Crippen LogP contribution in [-0.2, 0) is 6.42 Å². The number of Topliss-reactive ketones (excluding diaryl/α,β-unsaturated/α-hetero) is 1. The summed E-state index contributed by atoms with van der Waals surface area (Å²) < 4.78 is 0.968. The van der Waals surface area contributed by atoms with Gasteiger partial charge in [-0.3, -0.25) is 4.79 Å². The molecular weight excluding hydrogens is 292 g/mol. The maximum atomic E-state index is 12.7. The molecule has 2 aliphatic carbocycles. The first-order chi connectivity index (χ1) is 8.52. The fraction of sp³-hybridized carbons (Fsp3) is 0.533. The Labute approximate surface area is 116 Å². The number of aliphatic hydroxyl groups excluding tert-OH is 1. The largest absolute Gasteiger partial charge is 0.393 e. The molecule has 3 heteroatoms. The van der Waals surface area contributed by atoms with Gasteiger partial charge >= 0.3 is 0 Å². The highest BCUT2D eigenvalue weighted by molar-refractivity contribution is 9.10. The Kier molecular flexibility index (Phi) is 2.87. The van der Waals surface area contributed by atoms with Crippen LogP contribution in [0.2, 0.25) is 0 Å². The molecule has 0 radical (unpaired) electrons. The number of aliphatic hydroxyl groups is 1. The molecule has 1 aromatic carbocycles. The van der Waals surface area contributed by atoms with Gasteiger partial charge in [-0.05, 0) is 49.3 Å². The van der Waals surface area contributed by atoms with E-state index < -0.39 is 0 Å². The van der Waals surface area contributed by atoms with E-state index in [2.05, 4.69) is 28.9 Å². The Morgan fingerprint density at radius 2 is 2.22 bits per heavy atom. The van der Waals surface area contributed by atoms with Gasteiger partial charge in [0.25, 0.3) is 0 Å². The first-order valence-corrected chi connectivity index (χ1v) is 7.32. The average molecular weight is 309 g/mol. The second-order valence-corrected chi connectivity index (χ2v) is 6.79. The van der Waals surface area contributed by atoms with E-state index >= 15 is 0 Å². The lowest BCUT2D eigenvalue weighted by Gasteiger charge is -2.38. The predicted octanol–water partition coefficient (Wildman–Crippen LogP) is 3.36. The van der Waals surface area contributed by atoms with E-state index in [4.69, 9.17) is 0 Å². The quantitative estimate of drug-likeness (QED) is 0.798. The molecule has 0 bridgehead atoms. The molecule has 0 unspecified atom stereocenters. The van der Waals surface area contributed by atoms with Crippen molar-refractivity contribution in [3.8, 4) is 0 Å². The first kappa shape index (κ1) is 12.4. The van der Waals surface area contributed by atoms with Gasteiger partial charge in [-0.2, -0.15) is 0 Å². The Hall–Kier alpha value is -0.670.